The lowest BCUT2D eigenvalue weighted by Crippen LogP contribution is -2.23. The normalized spacial score (nSPS) is 11.3. The molecule has 2 aromatic rings. The third-order valence-corrected chi connectivity index (χ3v) is 2.57. The number of imidazole rings is 1. The van der Waals surface area contributed by atoms with Crippen molar-refractivity contribution < 1.29 is 14.7 Å². The number of hydrogen-bond acceptors (Lipinski definition) is 5. The van der Waals surface area contributed by atoms with E-state index in [1.165, 1.54) is 0 Å². The summed E-state index contributed by atoms with van der Waals surface area (Å²) in [5, 5.41) is 14.3. The van der Waals surface area contributed by atoms with Crippen molar-refractivity contribution in [2.24, 2.45) is 5.16 Å². The molecule has 0 amide bonds. The quantitative estimate of drug-likeness (QED) is 0.416. The largest absolute Gasteiger partial charge is 0.550 e. The lowest BCUT2D eigenvalue weighted by Gasteiger charge is -2.08. The van der Waals surface area contributed by atoms with Crippen LogP contribution in [0.3, 0.4) is 0 Å². The van der Waals surface area contributed by atoms with Crippen LogP contribution in [0.2, 0.25) is 0 Å². The van der Waals surface area contributed by atoms with Crippen LogP contribution in [0.4, 0.5) is 0 Å². The smallest absolute Gasteiger partial charge is 0.122 e. The van der Waals surface area contributed by atoms with Gasteiger partial charge in [-0.2, -0.15) is 0 Å². The van der Waals surface area contributed by atoms with E-state index < -0.39 is 5.97 Å². The lowest BCUT2D eigenvalue weighted by molar-refractivity contribution is -0.306. The van der Waals surface area contributed by atoms with Gasteiger partial charge in [0, 0.05) is 30.3 Å². The molecule has 0 aliphatic rings. The average Bonchev–Trinajstić information content (AvgIpc) is 2.96. The van der Waals surface area contributed by atoms with Crippen molar-refractivity contribution >= 4 is 11.7 Å². The predicted octanol–water partition coefficient (Wildman–Crippen LogP) is 0.444. The van der Waals surface area contributed by atoms with Crippen LogP contribution in [0.25, 0.3) is 0 Å². The second-order valence-electron chi connectivity index (χ2n) is 4.09. The second-order valence-corrected chi connectivity index (χ2v) is 4.09. The number of benzene rings is 1. The summed E-state index contributed by atoms with van der Waals surface area (Å²) >= 11 is 0. The van der Waals surface area contributed by atoms with E-state index in [9.17, 15) is 9.90 Å². The summed E-state index contributed by atoms with van der Waals surface area (Å²) in [6, 6.07) is 9.55. The van der Waals surface area contributed by atoms with Crippen LogP contribution in [0.15, 0.2) is 54.2 Å². The molecule has 0 saturated carbocycles. The topological polar surface area (TPSA) is 79.5 Å². The van der Waals surface area contributed by atoms with Gasteiger partial charge >= 0.3 is 0 Å². The maximum atomic E-state index is 10.3. The number of carboxylic acid groups (broad SMARTS) is 1. The van der Waals surface area contributed by atoms with Crippen LogP contribution in [-0.2, 0) is 16.2 Å². The molecule has 104 valence electrons. The van der Waals surface area contributed by atoms with Gasteiger partial charge in [0.2, 0.25) is 0 Å². The molecule has 0 bridgehead atoms. The SMILES string of the molecule is O=C([O-])CCO/N=C(\Cn1ccnc1)c1ccccc1. The highest BCUT2D eigenvalue weighted by Gasteiger charge is 2.05. The van der Waals surface area contributed by atoms with Gasteiger partial charge in [-0.1, -0.05) is 35.5 Å². The molecule has 0 unspecified atom stereocenters. The Morgan fingerprint density at radius 2 is 2.15 bits per heavy atom. The number of rotatable bonds is 7. The van der Waals surface area contributed by atoms with Crippen LogP contribution in [0, 0.1) is 0 Å². The first-order chi connectivity index (χ1) is 9.75. The molecule has 2 rings (SSSR count). The van der Waals surface area contributed by atoms with E-state index in [0.29, 0.717) is 12.3 Å². The van der Waals surface area contributed by atoms with Gasteiger partial charge in [-0.15, -0.1) is 0 Å². The van der Waals surface area contributed by atoms with Crippen molar-refractivity contribution in [3.8, 4) is 0 Å². The minimum absolute atomic E-state index is 0.0113. The molecule has 6 heteroatoms. The van der Waals surface area contributed by atoms with Gasteiger partial charge in [0.1, 0.15) is 12.3 Å². The first-order valence-electron chi connectivity index (χ1n) is 6.15. The molecule has 0 N–H and O–H groups in total. The van der Waals surface area contributed by atoms with Crippen LogP contribution >= 0.6 is 0 Å². The van der Waals surface area contributed by atoms with E-state index in [1.807, 2.05) is 41.1 Å². The van der Waals surface area contributed by atoms with Crippen molar-refractivity contribution in [2.45, 2.75) is 13.0 Å². The Bertz CT molecular complexity index is 565. The Kier molecular flexibility index (Phi) is 4.88. The van der Waals surface area contributed by atoms with Crippen molar-refractivity contribution in [2.75, 3.05) is 6.61 Å². The van der Waals surface area contributed by atoms with E-state index in [4.69, 9.17) is 4.84 Å². The monoisotopic (exact) mass is 272 g/mol. The van der Waals surface area contributed by atoms with Gasteiger partial charge < -0.3 is 19.3 Å². The molecular weight excluding hydrogens is 258 g/mol. The van der Waals surface area contributed by atoms with Gasteiger partial charge in [0.15, 0.2) is 0 Å². The molecule has 0 atom stereocenters. The van der Waals surface area contributed by atoms with Crippen molar-refractivity contribution in [1.82, 2.24) is 9.55 Å². The highest BCUT2D eigenvalue weighted by atomic mass is 16.6. The number of carbonyl (C=O) groups is 1. The fourth-order valence-corrected chi connectivity index (χ4v) is 1.61. The van der Waals surface area contributed by atoms with E-state index in [-0.39, 0.29) is 13.0 Å². The highest BCUT2D eigenvalue weighted by Crippen LogP contribution is 2.05. The summed E-state index contributed by atoms with van der Waals surface area (Å²) < 4.78 is 1.86. The lowest BCUT2D eigenvalue weighted by atomic mass is 10.1. The minimum Gasteiger partial charge on any atom is -0.550 e. The molecule has 1 aromatic carbocycles. The van der Waals surface area contributed by atoms with Gasteiger partial charge in [-0.25, -0.2) is 4.98 Å². The molecule has 0 radical (unpaired) electrons. The van der Waals surface area contributed by atoms with Gasteiger partial charge in [-0.3, -0.25) is 0 Å². The van der Waals surface area contributed by atoms with Crippen molar-refractivity contribution in [3.05, 3.63) is 54.6 Å². The Balaban J connectivity index is 2.07. The molecule has 0 aliphatic heterocycles. The number of nitrogens with zero attached hydrogens (tertiary/aromatic N) is 3. The zero-order chi connectivity index (χ0) is 14.2. The van der Waals surface area contributed by atoms with E-state index >= 15 is 0 Å². The fourth-order valence-electron chi connectivity index (χ4n) is 1.61. The maximum Gasteiger partial charge on any atom is 0.122 e. The molecular formula is C14H14N3O3-. The third kappa shape index (κ3) is 4.24. The van der Waals surface area contributed by atoms with E-state index in [1.54, 1.807) is 12.5 Å². The first kappa shape index (κ1) is 13.8. The number of oxime groups is 1. The molecule has 1 aromatic heterocycles. The Hall–Kier alpha value is -2.63. The molecule has 0 saturated heterocycles. The standard InChI is InChI=1S/C14H15N3O3/c18-14(19)6-9-20-16-13(10-17-8-7-15-11-17)12-4-2-1-3-5-12/h1-5,7-8,11H,6,9-10H2,(H,18,19)/p-1/b16-13+. The summed E-state index contributed by atoms with van der Waals surface area (Å²) in [6.07, 6.45) is 5.00. The molecule has 6 nitrogen and oxygen atoms in total. The fraction of sp³-hybridized carbons (Fsp3) is 0.214. The van der Waals surface area contributed by atoms with Crippen LogP contribution in [-0.4, -0.2) is 27.8 Å². The molecule has 20 heavy (non-hydrogen) atoms. The zero-order valence-electron chi connectivity index (χ0n) is 10.8. The summed E-state index contributed by atoms with van der Waals surface area (Å²) in [5.74, 6) is -1.16. The number of carboxylic acids is 1. The van der Waals surface area contributed by atoms with Crippen LogP contribution < -0.4 is 5.11 Å². The van der Waals surface area contributed by atoms with Gasteiger partial charge in [-0.05, 0) is 0 Å². The molecule has 0 fully saturated rings. The third-order valence-electron chi connectivity index (χ3n) is 2.57. The summed E-state index contributed by atoms with van der Waals surface area (Å²) in [5.41, 5.74) is 1.61. The Morgan fingerprint density at radius 3 is 2.80 bits per heavy atom. The number of aromatic nitrogens is 2. The van der Waals surface area contributed by atoms with Crippen LogP contribution in [0.1, 0.15) is 12.0 Å². The van der Waals surface area contributed by atoms with Crippen molar-refractivity contribution in [3.63, 3.8) is 0 Å². The van der Waals surface area contributed by atoms with E-state index in [2.05, 4.69) is 10.1 Å². The zero-order valence-corrected chi connectivity index (χ0v) is 10.8. The highest BCUT2D eigenvalue weighted by molar-refractivity contribution is 6.00. The predicted molar refractivity (Wildman–Crippen MR) is 70.8 cm³/mol. The van der Waals surface area contributed by atoms with Crippen molar-refractivity contribution in [1.29, 1.82) is 0 Å². The Morgan fingerprint density at radius 1 is 1.35 bits per heavy atom. The number of aliphatic carboxylic acids is 1. The van der Waals surface area contributed by atoms with Gasteiger partial charge in [0.05, 0.1) is 12.9 Å². The molecule has 0 aliphatic carbocycles. The average molecular weight is 272 g/mol. The minimum atomic E-state index is -1.16. The second kappa shape index (κ2) is 7.08. The maximum absolute atomic E-state index is 10.3. The number of carbonyl (C=O) groups excluding carboxylic acids is 1. The summed E-state index contributed by atoms with van der Waals surface area (Å²) in [7, 11) is 0. The first-order valence-corrected chi connectivity index (χ1v) is 6.15. The summed E-state index contributed by atoms with van der Waals surface area (Å²) in [4.78, 5) is 19.3. The number of hydrogen-bond donors (Lipinski definition) is 0. The Labute approximate surface area is 116 Å². The molecule has 1 heterocycles. The van der Waals surface area contributed by atoms with Crippen LogP contribution in [0.5, 0.6) is 0 Å². The van der Waals surface area contributed by atoms with E-state index in [0.717, 1.165) is 5.56 Å². The van der Waals surface area contributed by atoms with Gasteiger partial charge in [0.25, 0.3) is 0 Å². The molecule has 0 spiro atoms. The summed E-state index contributed by atoms with van der Waals surface area (Å²) in [6.45, 7) is 0.484.